The third kappa shape index (κ3) is 3.57. The fourth-order valence-electron chi connectivity index (χ4n) is 5.81. The first-order valence-electron chi connectivity index (χ1n) is 13.3. The van der Waals surface area contributed by atoms with Gasteiger partial charge in [0.25, 0.3) is 0 Å². The number of hydrogen-bond donors (Lipinski definition) is 0. The molecule has 7 aromatic rings. The van der Waals surface area contributed by atoms with Gasteiger partial charge in [-0.25, -0.2) is 15.0 Å². The number of fused-ring (bicyclic) bond motifs is 7. The highest BCUT2D eigenvalue weighted by Crippen LogP contribution is 2.44. The van der Waals surface area contributed by atoms with E-state index in [4.69, 9.17) is 19.4 Å². The van der Waals surface area contributed by atoms with Crippen molar-refractivity contribution in [1.29, 1.82) is 0 Å². The van der Waals surface area contributed by atoms with E-state index in [0.29, 0.717) is 17.5 Å². The molecule has 0 aliphatic heterocycles. The summed E-state index contributed by atoms with van der Waals surface area (Å²) < 4.78 is 6.61. The normalized spacial score (nSPS) is 12.4. The van der Waals surface area contributed by atoms with E-state index < -0.39 is 0 Å². The van der Waals surface area contributed by atoms with E-state index in [9.17, 15) is 0 Å². The van der Waals surface area contributed by atoms with E-state index in [2.05, 4.69) is 48.5 Å². The van der Waals surface area contributed by atoms with Crippen LogP contribution < -0.4 is 0 Å². The molecule has 0 amide bonds. The zero-order chi connectivity index (χ0) is 25.8. The minimum Gasteiger partial charge on any atom is -0.455 e. The zero-order valence-corrected chi connectivity index (χ0v) is 21.1. The Kier molecular flexibility index (Phi) is 4.92. The van der Waals surface area contributed by atoms with Crippen LogP contribution in [0.5, 0.6) is 0 Å². The third-order valence-electron chi connectivity index (χ3n) is 7.64. The van der Waals surface area contributed by atoms with Crippen molar-refractivity contribution in [2.75, 3.05) is 0 Å². The van der Waals surface area contributed by atoms with Gasteiger partial charge in [0, 0.05) is 21.9 Å². The van der Waals surface area contributed by atoms with Crippen LogP contribution in [0.1, 0.15) is 11.1 Å². The van der Waals surface area contributed by atoms with Crippen LogP contribution in [0.25, 0.3) is 67.2 Å². The van der Waals surface area contributed by atoms with E-state index in [0.717, 1.165) is 51.5 Å². The van der Waals surface area contributed by atoms with Crippen LogP contribution in [0.4, 0.5) is 0 Å². The number of benzene rings is 5. The smallest absolute Gasteiger partial charge is 0.167 e. The molecule has 184 valence electrons. The molecule has 2 aromatic heterocycles. The number of rotatable bonds is 3. The summed E-state index contributed by atoms with van der Waals surface area (Å²) in [5.74, 6) is 1.87. The number of aromatic nitrogens is 3. The molecule has 0 saturated carbocycles. The Bertz CT molecular complexity index is 1950. The standard InChI is InChI=1S/C35H23N3O/c1-3-11-24(12-4-1)33-36-34(25-13-5-2-6-14-25)38-35(37-33)28-17-9-16-27-31-29(39-32(27)28)21-20-23-19-18-22-10-7-8-15-26(22)30(23)31/h1-17,20-21H,18-19H2. The maximum absolute atomic E-state index is 6.61. The average Bonchev–Trinajstić information content (AvgIpc) is 3.41. The van der Waals surface area contributed by atoms with Gasteiger partial charge in [-0.05, 0) is 47.2 Å². The maximum atomic E-state index is 6.61. The molecule has 5 aromatic carbocycles. The van der Waals surface area contributed by atoms with Crippen molar-refractivity contribution in [2.45, 2.75) is 12.8 Å². The zero-order valence-electron chi connectivity index (χ0n) is 21.1. The van der Waals surface area contributed by atoms with Gasteiger partial charge >= 0.3 is 0 Å². The van der Waals surface area contributed by atoms with Gasteiger partial charge in [-0.1, -0.05) is 103 Å². The number of nitrogens with zero attached hydrogens (tertiary/aromatic N) is 3. The molecule has 8 rings (SSSR count). The highest BCUT2D eigenvalue weighted by atomic mass is 16.3. The molecule has 0 atom stereocenters. The van der Waals surface area contributed by atoms with E-state index in [1.165, 1.54) is 22.3 Å². The molecule has 0 fully saturated rings. The Morgan fingerprint density at radius 3 is 1.85 bits per heavy atom. The van der Waals surface area contributed by atoms with Crippen molar-refractivity contribution in [3.8, 4) is 45.3 Å². The summed E-state index contributed by atoms with van der Waals surface area (Å²) >= 11 is 0. The number of para-hydroxylation sites is 1. The summed E-state index contributed by atoms with van der Waals surface area (Å²) in [6.07, 6.45) is 2.09. The van der Waals surface area contributed by atoms with Gasteiger partial charge in [0.2, 0.25) is 0 Å². The van der Waals surface area contributed by atoms with Gasteiger partial charge in [0.05, 0.1) is 5.56 Å². The van der Waals surface area contributed by atoms with Crippen molar-refractivity contribution in [1.82, 2.24) is 15.0 Å². The molecular formula is C35H23N3O. The first-order valence-corrected chi connectivity index (χ1v) is 13.3. The van der Waals surface area contributed by atoms with Crippen LogP contribution >= 0.6 is 0 Å². The summed E-state index contributed by atoms with van der Waals surface area (Å²) in [5.41, 5.74) is 9.78. The molecule has 0 radical (unpaired) electrons. The molecule has 2 heterocycles. The van der Waals surface area contributed by atoms with Crippen molar-refractivity contribution in [2.24, 2.45) is 0 Å². The van der Waals surface area contributed by atoms with E-state index in [1.807, 2.05) is 66.7 Å². The number of aryl methyl sites for hydroxylation is 2. The van der Waals surface area contributed by atoms with Crippen LogP contribution in [0.3, 0.4) is 0 Å². The molecule has 0 N–H and O–H groups in total. The molecule has 4 heteroatoms. The Morgan fingerprint density at radius 2 is 1.10 bits per heavy atom. The van der Waals surface area contributed by atoms with Crippen molar-refractivity contribution < 1.29 is 4.42 Å². The fraction of sp³-hybridized carbons (Fsp3) is 0.0571. The first kappa shape index (κ1) is 21.9. The highest BCUT2D eigenvalue weighted by Gasteiger charge is 2.23. The number of furan rings is 1. The summed E-state index contributed by atoms with van der Waals surface area (Å²) in [4.78, 5) is 14.8. The van der Waals surface area contributed by atoms with Crippen LogP contribution in [0.2, 0.25) is 0 Å². The Morgan fingerprint density at radius 1 is 0.487 bits per heavy atom. The summed E-state index contributed by atoms with van der Waals surface area (Å²) in [5, 5.41) is 2.25. The first-order chi connectivity index (χ1) is 19.3. The lowest BCUT2D eigenvalue weighted by Gasteiger charge is -2.20. The molecule has 1 aliphatic rings. The molecule has 0 bridgehead atoms. The van der Waals surface area contributed by atoms with Crippen molar-refractivity contribution >= 4 is 21.9 Å². The van der Waals surface area contributed by atoms with Crippen molar-refractivity contribution in [3.63, 3.8) is 0 Å². The molecule has 0 saturated heterocycles. The lowest BCUT2D eigenvalue weighted by atomic mass is 9.83. The summed E-state index contributed by atoms with van der Waals surface area (Å²) in [6, 6.07) is 39.5. The van der Waals surface area contributed by atoms with Gasteiger partial charge in [0.1, 0.15) is 11.2 Å². The topological polar surface area (TPSA) is 51.8 Å². The summed E-state index contributed by atoms with van der Waals surface area (Å²) in [6.45, 7) is 0. The van der Waals surface area contributed by atoms with Gasteiger partial charge in [-0.3, -0.25) is 0 Å². The van der Waals surface area contributed by atoms with Crippen LogP contribution in [-0.2, 0) is 12.8 Å². The van der Waals surface area contributed by atoms with Crippen LogP contribution in [0.15, 0.2) is 120 Å². The second-order valence-electron chi connectivity index (χ2n) is 9.95. The second-order valence-corrected chi connectivity index (χ2v) is 9.95. The van der Waals surface area contributed by atoms with Gasteiger partial charge in [-0.2, -0.15) is 0 Å². The van der Waals surface area contributed by atoms with E-state index >= 15 is 0 Å². The lowest BCUT2D eigenvalue weighted by Crippen LogP contribution is -2.03. The molecule has 1 aliphatic carbocycles. The van der Waals surface area contributed by atoms with Gasteiger partial charge < -0.3 is 4.42 Å². The maximum Gasteiger partial charge on any atom is 0.167 e. The quantitative estimate of drug-likeness (QED) is 0.243. The lowest BCUT2D eigenvalue weighted by molar-refractivity contribution is 0.669. The van der Waals surface area contributed by atoms with Crippen LogP contribution in [-0.4, -0.2) is 15.0 Å². The number of hydrogen-bond acceptors (Lipinski definition) is 4. The molecule has 39 heavy (non-hydrogen) atoms. The van der Waals surface area contributed by atoms with Crippen molar-refractivity contribution in [3.05, 3.63) is 126 Å². The fourth-order valence-corrected chi connectivity index (χ4v) is 5.81. The monoisotopic (exact) mass is 501 g/mol. The Hall–Kier alpha value is -5.09. The highest BCUT2D eigenvalue weighted by molar-refractivity contribution is 6.16. The minimum atomic E-state index is 0.599. The third-order valence-corrected chi connectivity index (χ3v) is 7.64. The SMILES string of the molecule is c1ccc(-c2nc(-c3ccccc3)nc(-c3cccc4c3oc3ccc5c(c34)-c3ccccc3CC5)n2)cc1. The predicted molar refractivity (Wildman–Crippen MR) is 156 cm³/mol. The molecule has 0 spiro atoms. The summed E-state index contributed by atoms with van der Waals surface area (Å²) in [7, 11) is 0. The largest absolute Gasteiger partial charge is 0.455 e. The van der Waals surface area contributed by atoms with Crippen LogP contribution in [0, 0.1) is 0 Å². The molecular weight excluding hydrogens is 478 g/mol. The molecule has 0 unspecified atom stereocenters. The Balaban J connectivity index is 1.40. The second kappa shape index (κ2) is 8.74. The van der Waals surface area contributed by atoms with Gasteiger partial charge in [0.15, 0.2) is 17.5 Å². The average molecular weight is 502 g/mol. The van der Waals surface area contributed by atoms with E-state index in [-0.39, 0.29) is 0 Å². The van der Waals surface area contributed by atoms with Gasteiger partial charge in [-0.15, -0.1) is 0 Å². The Labute approximate surface area is 225 Å². The molecule has 4 nitrogen and oxygen atoms in total. The minimum absolute atomic E-state index is 0.599. The predicted octanol–water partition coefficient (Wildman–Crippen LogP) is 8.54. The van der Waals surface area contributed by atoms with E-state index in [1.54, 1.807) is 0 Å².